The van der Waals surface area contributed by atoms with Gasteiger partial charge in [-0.3, -0.25) is 9.59 Å². The number of benzene rings is 1. The van der Waals surface area contributed by atoms with Crippen molar-refractivity contribution in [1.82, 2.24) is 20.3 Å². The average Bonchev–Trinajstić information content (AvgIpc) is 2.86. The van der Waals surface area contributed by atoms with Crippen molar-refractivity contribution in [2.45, 2.75) is 13.5 Å². The summed E-state index contributed by atoms with van der Waals surface area (Å²) in [5.74, 6) is -0.963. The summed E-state index contributed by atoms with van der Waals surface area (Å²) in [5.41, 5.74) is 1.91. The molecule has 0 aliphatic carbocycles. The molecule has 0 saturated heterocycles. The van der Waals surface area contributed by atoms with Crippen molar-refractivity contribution in [3.63, 3.8) is 0 Å². The van der Waals surface area contributed by atoms with Crippen LogP contribution < -0.4 is 5.32 Å². The third-order valence-electron chi connectivity index (χ3n) is 2.99. The summed E-state index contributed by atoms with van der Waals surface area (Å²) in [6.07, 6.45) is 0. The fraction of sp³-hybridized carbons (Fsp3) is 0.286. The molecule has 0 unspecified atom stereocenters. The van der Waals surface area contributed by atoms with Gasteiger partial charge in [-0.15, -0.1) is 5.10 Å². The molecule has 0 atom stereocenters. The maximum absolute atomic E-state index is 11.9. The molecule has 7 nitrogen and oxygen atoms in total. The predicted octanol–water partition coefficient (Wildman–Crippen LogP) is 0.538. The van der Waals surface area contributed by atoms with E-state index in [1.165, 1.54) is 7.11 Å². The van der Waals surface area contributed by atoms with Crippen LogP contribution in [-0.2, 0) is 16.1 Å². The van der Waals surface area contributed by atoms with Crippen LogP contribution in [-0.4, -0.2) is 40.5 Å². The maximum atomic E-state index is 11.9. The Bertz CT molecular complexity index is 637. The van der Waals surface area contributed by atoms with Gasteiger partial charge in [-0.25, -0.2) is 4.68 Å². The molecule has 110 valence electrons. The molecule has 1 N–H and O–H groups in total. The fourth-order valence-electron chi connectivity index (χ4n) is 1.79. The Labute approximate surface area is 121 Å². The summed E-state index contributed by atoms with van der Waals surface area (Å²) in [6, 6.07) is 9.75. The summed E-state index contributed by atoms with van der Waals surface area (Å²) < 4.78 is 6.10. The Morgan fingerprint density at radius 3 is 2.67 bits per heavy atom. The van der Waals surface area contributed by atoms with Crippen LogP contribution in [0.1, 0.15) is 21.7 Å². The first-order chi connectivity index (χ1) is 10.1. The molecule has 1 heterocycles. The number of carbonyl (C=O) groups is 2. The van der Waals surface area contributed by atoms with E-state index < -0.39 is 11.9 Å². The van der Waals surface area contributed by atoms with Crippen molar-refractivity contribution in [2.24, 2.45) is 0 Å². The summed E-state index contributed by atoms with van der Waals surface area (Å²) >= 11 is 0. The number of methoxy groups -OCH3 is 1. The largest absolute Gasteiger partial charge is 0.468 e. The molecule has 0 bridgehead atoms. The zero-order valence-corrected chi connectivity index (χ0v) is 11.9. The highest BCUT2D eigenvalue weighted by Crippen LogP contribution is 2.07. The van der Waals surface area contributed by atoms with Crippen LogP contribution in [0.15, 0.2) is 30.3 Å². The quantitative estimate of drug-likeness (QED) is 0.811. The van der Waals surface area contributed by atoms with Gasteiger partial charge in [-0.2, -0.15) is 0 Å². The smallest absolute Gasteiger partial charge is 0.325 e. The van der Waals surface area contributed by atoms with Gasteiger partial charge in [0.05, 0.1) is 19.3 Å². The van der Waals surface area contributed by atoms with Gasteiger partial charge in [-0.05, 0) is 12.5 Å². The van der Waals surface area contributed by atoms with Crippen molar-refractivity contribution >= 4 is 11.9 Å². The third kappa shape index (κ3) is 3.65. The number of carbonyl (C=O) groups excluding carboxylic acids is 2. The standard InChI is InChI=1S/C14H16N4O3/c1-10-13(14(20)15-8-12(19)21-2)16-17-18(10)9-11-6-4-3-5-7-11/h3-7H,8-9H2,1-2H3,(H,15,20). The van der Waals surface area contributed by atoms with Gasteiger partial charge in [0, 0.05) is 0 Å². The van der Waals surface area contributed by atoms with Crippen molar-refractivity contribution in [2.75, 3.05) is 13.7 Å². The number of hydrogen-bond donors (Lipinski definition) is 1. The zero-order valence-electron chi connectivity index (χ0n) is 11.9. The minimum absolute atomic E-state index is 0.194. The van der Waals surface area contributed by atoms with Crippen molar-refractivity contribution in [3.8, 4) is 0 Å². The molecule has 0 saturated carbocycles. The van der Waals surface area contributed by atoms with Gasteiger partial charge < -0.3 is 10.1 Å². The predicted molar refractivity (Wildman–Crippen MR) is 74.7 cm³/mol. The summed E-state index contributed by atoms with van der Waals surface area (Å²) in [5, 5.41) is 10.3. The molecule has 2 rings (SSSR count). The van der Waals surface area contributed by atoms with Crippen LogP contribution >= 0.6 is 0 Å². The van der Waals surface area contributed by atoms with Crippen LogP contribution in [0.4, 0.5) is 0 Å². The first kappa shape index (κ1) is 14.7. The second-order valence-electron chi connectivity index (χ2n) is 4.43. The minimum atomic E-state index is -0.516. The Kier molecular flexibility index (Phi) is 4.65. The number of rotatable bonds is 5. The number of nitrogens with zero attached hydrogens (tertiary/aromatic N) is 3. The summed E-state index contributed by atoms with van der Waals surface area (Å²) in [6.45, 7) is 2.10. The maximum Gasteiger partial charge on any atom is 0.325 e. The van der Waals surface area contributed by atoms with E-state index in [4.69, 9.17) is 0 Å². The van der Waals surface area contributed by atoms with E-state index in [1.807, 2.05) is 30.3 Å². The fourth-order valence-corrected chi connectivity index (χ4v) is 1.79. The molecular weight excluding hydrogens is 272 g/mol. The van der Waals surface area contributed by atoms with Gasteiger partial charge >= 0.3 is 5.97 Å². The molecule has 7 heteroatoms. The first-order valence-corrected chi connectivity index (χ1v) is 6.41. The van der Waals surface area contributed by atoms with Crippen LogP contribution in [0.3, 0.4) is 0 Å². The SMILES string of the molecule is COC(=O)CNC(=O)c1nnn(Cc2ccccc2)c1C. The number of nitrogens with one attached hydrogen (secondary N) is 1. The molecule has 0 fully saturated rings. The van der Waals surface area contributed by atoms with Gasteiger partial charge in [0.15, 0.2) is 5.69 Å². The summed E-state index contributed by atoms with van der Waals surface area (Å²) in [4.78, 5) is 22.9. The molecule has 1 amide bonds. The van der Waals surface area contributed by atoms with E-state index in [0.717, 1.165) is 5.56 Å². The average molecular weight is 288 g/mol. The van der Waals surface area contributed by atoms with Gasteiger partial charge in [0.1, 0.15) is 6.54 Å². The lowest BCUT2D eigenvalue weighted by molar-refractivity contribution is -0.139. The topological polar surface area (TPSA) is 86.1 Å². The Morgan fingerprint density at radius 2 is 2.00 bits per heavy atom. The Morgan fingerprint density at radius 1 is 1.29 bits per heavy atom. The number of esters is 1. The zero-order chi connectivity index (χ0) is 15.2. The molecule has 0 radical (unpaired) electrons. The second kappa shape index (κ2) is 6.65. The highest BCUT2D eigenvalue weighted by atomic mass is 16.5. The van der Waals surface area contributed by atoms with Crippen LogP contribution in [0.5, 0.6) is 0 Å². The first-order valence-electron chi connectivity index (χ1n) is 6.41. The molecular formula is C14H16N4O3. The lowest BCUT2D eigenvalue weighted by atomic mass is 10.2. The van der Waals surface area contributed by atoms with E-state index in [9.17, 15) is 9.59 Å². The van der Waals surface area contributed by atoms with E-state index >= 15 is 0 Å². The Hall–Kier alpha value is -2.70. The molecule has 0 aliphatic rings. The highest BCUT2D eigenvalue weighted by Gasteiger charge is 2.17. The highest BCUT2D eigenvalue weighted by molar-refractivity contribution is 5.94. The van der Waals surface area contributed by atoms with Crippen LogP contribution in [0.2, 0.25) is 0 Å². The number of ether oxygens (including phenoxy) is 1. The normalized spacial score (nSPS) is 10.2. The molecule has 0 aliphatic heterocycles. The molecule has 2 aromatic rings. The van der Waals surface area contributed by atoms with E-state index in [1.54, 1.807) is 11.6 Å². The number of amides is 1. The van der Waals surface area contributed by atoms with Crippen molar-refractivity contribution in [3.05, 3.63) is 47.3 Å². The minimum Gasteiger partial charge on any atom is -0.468 e. The molecule has 21 heavy (non-hydrogen) atoms. The molecule has 1 aromatic heterocycles. The molecule has 0 spiro atoms. The Balaban J connectivity index is 2.06. The van der Waals surface area contributed by atoms with Crippen LogP contribution in [0, 0.1) is 6.92 Å². The third-order valence-corrected chi connectivity index (χ3v) is 2.99. The number of aromatic nitrogens is 3. The number of hydrogen-bond acceptors (Lipinski definition) is 5. The van der Waals surface area contributed by atoms with Gasteiger partial charge in [0.2, 0.25) is 0 Å². The van der Waals surface area contributed by atoms with E-state index in [2.05, 4.69) is 20.4 Å². The molecule has 1 aromatic carbocycles. The second-order valence-corrected chi connectivity index (χ2v) is 4.43. The van der Waals surface area contributed by atoms with E-state index in [0.29, 0.717) is 12.2 Å². The van der Waals surface area contributed by atoms with Gasteiger partial charge in [-0.1, -0.05) is 35.5 Å². The van der Waals surface area contributed by atoms with Crippen LogP contribution in [0.25, 0.3) is 0 Å². The van der Waals surface area contributed by atoms with Gasteiger partial charge in [0.25, 0.3) is 5.91 Å². The lowest BCUT2D eigenvalue weighted by Crippen LogP contribution is -2.30. The monoisotopic (exact) mass is 288 g/mol. The van der Waals surface area contributed by atoms with E-state index in [-0.39, 0.29) is 12.2 Å². The lowest BCUT2D eigenvalue weighted by Gasteiger charge is -2.04. The summed E-state index contributed by atoms with van der Waals surface area (Å²) in [7, 11) is 1.26. The van der Waals surface area contributed by atoms with Crippen molar-refractivity contribution < 1.29 is 14.3 Å². The van der Waals surface area contributed by atoms with Crippen molar-refractivity contribution in [1.29, 1.82) is 0 Å².